The maximum atomic E-state index is 12.4. The van der Waals surface area contributed by atoms with Crippen LogP contribution in [0.2, 0.25) is 0 Å². The number of benzene rings is 2. The Labute approximate surface area is 205 Å². The highest BCUT2D eigenvalue weighted by Gasteiger charge is 2.46. The van der Waals surface area contributed by atoms with Crippen LogP contribution in [-0.4, -0.2) is 36.2 Å². The quantitative estimate of drug-likeness (QED) is 0.560. The minimum atomic E-state index is -0.545. The molecule has 1 fully saturated rings. The van der Waals surface area contributed by atoms with Crippen LogP contribution in [0.15, 0.2) is 60.7 Å². The van der Waals surface area contributed by atoms with Gasteiger partial charge in [0.05, 0.1) is 11.2 Å². The molecule has 35 heavy (non-hydrogen) atoms. The number of ether oxygens (including phenoxy) is 2. The molecule has 1 aliphatic carbocycles. The molecule has 0 spiro atoms. The lowest BCUT2D eigenvalue weighted by molar-refractivity contribution is -0.121. The van der Waals surface area contributed by atoms with E-state index in [1.54, 1.807) is 11.9 Å². The number of nitrogens with one attached hydrogen (secondary N) is 1. The van der Waals surface area contributed by atoms with Crippen LogP contribution in [0.25, 0.3) is 22.4 Å². The number of alkyl carbamates (subject to hydrolysis) is 1. The molecule has 0 atom stereocenters. The van der Waals surface area contributed by atoms with E-state index < -0.39 is 17.2 Å². The van der Waals surface area contributed by atoms with Crippen molar-refractivity contribution in [2.75, 3.05) is 18.6 Å². The van der Waals surface area contributed by atoms with Gasteiger partial charge >= 0.3 is 6.09 Å². The second-order valence-corrected chi connectivity index (χ2v) is 10.1. The number of nitrogens with zero attached hydrogens (tertiary/aromatic N) is 2. The van der Waals surface area contributed by atoms with E-state index in [4.69, 9.17) is 14.5 Å². The van der Waals surface area contributed by atoms with Crippen molar-refractivity contribution in [3.63, 3.8) is 0 Å². The highest BCUT2D eigenvalue weighted by molar-refractivity contribution is 5.98. The lowest BCUT2D eigenvalue weighted by Crippen LogP contribution is -2.39. The number of fused-ring (bicyclic) bond motifs is 1. The Bertz CT molecular complexity index is 1280. The lowest BCUT2D eigenvalue weighted by Gasteiger charge is -2.27. The number of pyridine rings is 1. The Kier molecular flexibility index (Phi) is 5.50. The molecule has 7 nitrogen and oxygen atoms in total. The van der Waals surface area contributed by atoms with Gasteiger partial charge in [-0.3, -0.25) is 4.79 Å². The van der Waals surface area contributed by atoms with Crippen molar-refractivity contribution >= 4 is 17.7 Å². The third-order valence-electron chi connectivity index (χ3n) is 6.32. The first-order valence-electron chi connectivity index (χ1n) is 11.8. The first-order chi connectivity index (χ1) is 16.7. The largest absolute Gasteiger partial charge is 0.466 e. The molecular formula is C28H29N3O4. The number of aromatic nitrogens is 1. The summed E-state index contributed by atoms with van der Waals surface area (Å²) in [6.45, 7) is 5.54. The minimum Gasteiger partial charge on any atom is -0.466 e. The van der Waals surface area contributed by atoms with Crippen molar-refractivity contribution in [2.24, 2.45) is 0 Å². The molecule has 0 bridgehead atoms. The second kappa shape index (κ2) is 8.41. The smallest absolute Gasteiger partial charge is 0.408 e. The Morgan fingerprint density at radius 3 is 2.37 bits per heavy atom. The van der Waals surface area contributed by atoms with Crippen LogP contribution in [0.4, 0.5) is 10.5 Å². The molecule has 180 valence electrons. The monoisotopic (exact) mass is 471 g/mol. The summed E-state index contributed by atoms with van der Waals surface area (Å²) < 4.78 is 11.1. The van der Waals surface area contributed by atoms with E-state index in [1.807, 2.05) is 81.4 Å². The molecule has 0 radical (unpaired) electrons. The molecule has 2 aromatic carbocycles. The number of carbonyl (C=O) groups excluding carboxylic acids is 2. The maximum absolute atomic E-state index is 12.4. The van der Waals surface area contributed by atoms with Gasteiger partial charge in [-0.25, -0.2) is 9.78 Å². The van der Waals surface area contributed by atoms with Crippen molar-refractivity contribution < 1.29 is 19.1 Å². The average molecular weight is 472 g/mol. The van der Waals surface area contributed by atoms with Crippen molar-refractivity contribution in [3.05, 3.63) is 66.2 Å². The normalized spacial score (nSPS) is 16.2. The molecule has 7 heteroatoms. The van der Waals surface area contributed by atoms with Crippen molar-refractivity contribution in [1.82, 2.24) is 10.3 Å². The van der Waals surface area contributed by atoms with Gasteiger partial charge in [0.1, 0.15) is 11.3 Å². The maximum Gasteiger partial charge on any atom is 0.408 e. The van der Waals surface area contributed by atoms with Crippen LogP contribution < -0.4 is 15.0 Å². The zero-order chi connectivity index (χ0) is 24.8. The van der Waals surface area contributed by atoms with E-state index >= 15 is 0 Å². The number of carbonyl (C=O) groups is 2. The molecule has 1 N–H and O–H groups in total. The summed E-state index contributed by atoms with van der Waals surface area (Å²) in [7, 11) is 1.74. The fraction of sp³-hybridized carbons (Fsp3) is 0.321. The van der Waals surface area contributed by atoms with Gasteiger partial charge in [-0.2, -0.15) is 0 Å². The molecule has 0 unspecified atom stereocenters. The van der Waals surface area contributed by atoms with Gasteiger partial charge in [0.15, 0.2) is 6.61 Å². The molecule has 2 aliphatic rings. The number of hydrogen-bond acceptors (Lipinski definition) is 5. The zero-order valence-electron chi connectivity index (χ0n) is 20.4. The summed E-state index contributed by atoms with van der Waals surface area (Å²) in [5, 5.41) is 3.05. The Morgan fingerprint density at radius 2 is 1.74 bits per heavy atom. The molecule has 1 saturated carbocycles. The minimum absolute atomic E-state index is 0.0293. The fourth-order valence-electron chi connectivity index (χ4n) is 4.31. The van der Waals surface area contributed by atoms with Gasteiger partial charge in [-0.05, 0) is 50.8 Å². The number of amides is 2. The van der Waals surface area contributed by atoms with Gasteiger partial charge in [0.25, 0.3) is 5.91 Å². The van der Waals surface area contributed by atoms with E-state index in [0.717, 1.165) is 40.8 Å². The molecule has 5 rings (SSSR count). The van der Waals surface area contributed by atoms with Crippen molar-refractivity contribution in [2.45, 2.75) is 44.8 Å². The lowest BCUT2D eigenvalue weighted by atomic mass is 9.96. The summed E-state index contributed by atoms with van der Waals surface area (Å²) in [6.07, 6.45) is 1.33. The number of rotatable bonds is 4. The number of likely N-dealkylation sites (N-methyl/N-ethyl adjacent to an activating group) is 1. The Hall–Kier alpha value is -3.87. The third-order valence-corrected chi connectivity index (χ3v) is 6.32. The van der Waals surface area contributed by atoms with Crippen LogP contribution in [0.5, 0.6) is 5.88 Å². The SMILES string of the molecule is CN1C(=O)COc2nc(-c3ccc(C4(NC(=O)OC(C)(C)C)CC4)cc3)c(-c3ccccc3)cc21. The Morgan fingerprint density at radius 1 is 1.06 bits per heavy atom. The number of hydrogen-bond donors (Lipinski definition) is 1. The van der Waals surface area contributed by atoms with Crippen LogP contribution in [-0.2, 0) is 15.1 Å². The van der Waals surface area contributed by atoms with Gasteiger partial charge < -0.3 is 19.7 Å². The molecule has 2 heterocycles. The van der Waals surface area contributed by atoms with Crippen LogP contribution in [0.3, 0.4) is 0 Å². The van der Waals surface area contributed by atoms with Gasteiger partial charge in [0, 0.05) is 18.2 Å². The van der Waals surface area contributed by atoms with Crippen molar-refractivity contribution in [1.29, 1.82) is 0 Å². The molecule has 2 amide bonds. The van der Waals surface area contributed by atoms with E-state index in [1.165, 1.54) is 0 Å². The molecule has 1 aromatic heterocycles. The molecular weight excluding hydrogens is 442 g/mol. The van der Waals surface area contributed by atoms with E-state index in [2.05, 4.69) is 5.32 Å². The summed E-state index contributed by atoms with van der Waals surface area (Å²) >= 11 is 0. The van der Waals surface area contributed by atoms with Gasteiger partial charge in [0.2, 0.25) is 5.88 Å². The van der Waals surface area contributed by atoms with Crippen LogP contribution >= 0.6 is 0 Å². The average Bonchev–Trinajstić information content (AvgIpc) is 3.60. The first-order valence-corrected chi connectivity index (χ1v) is 11.8. The predicted molar refractivity (Wildman–Crippen MR) is 134 cm³/mol. The van der Waals surface area contributed by atoms with Gasteiger partial charge in [-0.15, -0.1) is 0 Å². The van der Waals surface area contributed by atoms with E-state index in [-0.39, 0.29) is 12.5 Å². The molecule has 3 aromatic rings. The summed E-state index contributed by atoms with van der Waals surface area (Å²) in [5.41, 5.74) is 4.36. The molecule has 0 saturated heterocycles. The van der Waals surface area contributed by atoms with Crippen LogP contribution in [0, 0.1) is 0 Å². The summed E-state index contributed by atoms with van der Waals surface area (Å²) in [4.78, 5) is 31.0. The third kappa shape index (κ3) is 4.58. The summed E-state index contributed by atoms with van der Waals surface area (Å²) in [5.74, 6) is 0.332. The highest BCUT2D eigenvalue weighted by atomic mass is 16.6. The van der Waals surface area contributed by atoms with Gasteiger partial charge in [-0.1, -0.05) is 54.6 Å². The topological polar surface area (TPSA) is 80.8 Å². The molecule has 1 aliphatic heterocycles. The predicted octanol–water partition coefficient (Wildman–Crippen LogP) is 5.28. The highest BCUT2D eigenvalue weighted by Crippen LogP contribution is 2.46. The van der Waals surface area contributed by atoms with Crippen LogP contribution in [0.1, 0.15) is 39.2 Å². The second-order valence-electron chi connectivity index (χ2n) is 10.1. The fourth-order valence-corrected chi connectivity index (χ4v) is 4.31. The van der Waals surface area contributed by atoms with Crippen molar-refractivity contribution in [3.8, 4) is 28.3 Å². The first kappa shape index (κ1) is 22.9. The number of anilines is 1. The summed E-state index contributed by atoms with van der Waals surface area (Å²) in [6, 6.07) is 20.0. The standard InChI is InChI=1S/C28H29N3O4/c1-27(2,3)35-26(33)30-28(14-15-28)20-12-10-19(11-13-20)24-21(18-8-6-5-7-9-18)16-22-25(29-24)34-17-23(32)31(22)4/h5-13,16H,14-15,17H2,1-4H3,(H,30,33). The Balaban J connectivity index is 1.50. The van der Waals surface area contributed by atoms with E-state index in [9.17, 15) is 9.59 Å². The zero-order valence-corrected chi connectivity index (χ0v) is 20.4. The van der Waals surface area contributed by atoms with E-state index in [0.29, 0.717) is 11.6 Å².